The Morgan fingerprint density at radius 2 is 1.80 bits per heavy atom. The molecule has 4 atom stereocenters. The molecule has 35 heavy (non-hydrogen) atoms. The van der Waals surface area contributed by atoms with Crippen molar-refractivity contribution in [2.24, 2.45) is 11.8 Å². The number of hydrogen-bond donors (Lipinski definition) is 6. The lowest BCUT2D eigenvalue weighted by molar-refractivity contribution is -0.153. The number of fused-ring (bicyclic) bond motifs is 3. The zero-order valence-electron chi connectivity index (χ0n) is 19.9. The first-order valence-corrected chi connectivity index (χ1v) is 11.1. The molecule has 0 aromatic heterocycles. The predicted molar refractivity (Wildman–Crippen MR) is 125 cm³/mol. The molecule has 11 heteroatoms. The Kier molecular flexibility index (Phi) is 5.90. The maximum Gasteiger partial charge on any atom is 0.260 e. The Morgan fingerprint density at radius 1 is 1.14 bits per heavy atom. The second-order valence-corrected chi connectivity index (χ2v) is 9.61. The van der Waals surface area contributed by atoms with Crippen molar-refractivity contribution in [2.45, 2.75) is 24.5 Å². The van der Waals surface area contributed by atoms with Crippen LogP contribution in [-0.4, -0.2) is 94.5 Å². The van der Waals surface area contributed by atoms with Gasteiger partial charge in [0.1, 0.15) is 29.6 Å². The topological polar surface area (TPSA) is 171 Å². The number of nitrogens with zero attached hydrogens (tertiary/aromatic N) is 2. The number of aliphatic hydroxyl groups excluding tert-OH is 3. The number of ketones is 2. The summed E-state index contributed by atoms with van der Waals surface area (Å²) in [5, 5.41) is 55.4. The number of aromatic hydroxyl groups is 1. The number of nitrogens with one attached hydrogen (secondary N) is 1. The third kappa shape index (κ3) is 3.33. The molecule has 1 saturated carbocycles. The molecule has 1 aromatic carbocycles. The van der Waals surface area contributed by atoms with Crippen LogP contribution in [-0.2, 0) is 20.8 Å². The molecule has 0 spiro atoms. The van der Waals surface area contributed by atoms with Crippen molar-refractivity contribution < 1.29 is 39.9 Å². The Balaban J connectivity index is 1.97. The molecule has 1 fully saturated rings. The number of carbonyl (C=O) groups is 3. The summed E-state index contributed by atoms with van der Waals surface area (Å²) in [5.41, 5.74) is -2.26. The predicted octanol–water partition coefficient (Wildman–Crippen LogP) is -0.389. The lowest BCUT2D eigenvalue weighted by Crippen LogP contribution is -2.65. The van der Waals surface area contributed by atoms with Crippen LogP contribution < -0.4 is 10.2 Å². The zero-order valence-corrected chi connectivity index (χ0v) is 19.9. The largest absolute Gasteiger partial charge is 0.508 e. The van der Waals surface area contributed by atoms with E-state index in [2.05, 4.69) is 0 Å². The summed E-state index contributed by atoms with van der Waals surface area (Å²) < 4.78 is 0. The highest BCUT2D eigenvalue weighted by molar-refractivity contribution is 6.25. The number of Topliss-reactive ketones (excluding diaryl/α,β-unsaturated/α-hetero) is 2. The molecule has 1 aromatic rings. The van der Waals surface area contributed by atoms with Crippen molar-refractivity contribution >= 4 is 28.9 Å². The van der Waals surface area contributed by atoms with E-state index in [1.54, 1.807) is 34.3 Å². The first-order valence-electron chi connectivity index (χ1n) is 11.1. The van der Waals surface area contributed by atoms with Gasteiger partial charge in [-0.25, -0.2) is 0 Å². The Bertz CT molecular complexity index is 1200. The number of aliphatic hydroxyl groups is 4. The van der Waals surface area contributed by atoms with E-state index in [4.69, 9.17) is 5.11 Å². The second kappa shape index (κ2) is 8.36. The lowest BCUT2D eigenvalue weighted by atomic mass is 9.57. The highest BCUT2D eigenvalue weighted by Gasteiger charge is 2.64. The summed E-state index contributed by atoms with van der Waals surface area (Å²) in [4.78, 5) is 42.9. The number of hydrogen-bond acceptors (Lipinski definition) is 10. The van der Waals surface area contributed by atoms with E-state index in [1.165, 1.54) is 11.0 Å². The number of likely N-dealkylation sites (N-methyl/N-ethyl adjacent to an activating group) is 1. The van der Waals surface area contributed by atoms with Crippen LogP contribution in [0.25, 0.3) is 5.76 Å². The van der Waals surface area contributed by atoms with Crippen molar-refractivity contribution in [3.05, 3.63) is 40.2 Å². The number of phenols is 1. The first kappa shape index (κ1) is 24.7. The molecule has 11 nitrogen and oxygen atoms in total. The van der Waals surface area contributed by atoms with Gasteiger partial charge in [-0.15, -0.1) is 0 Å². The van der Waals surface area contributed by atoms with Crippen LogP contribution in [0.2, 0.25) is 0 Å². The highest BCUT2D eigenvalue weighted by Crippen LogP contribution is 2.53. The van der Waals surface area contributed by atoms with Gasteiger partial charge in [0.25, 0.3) is 5.91 Å². The maximum atomic E-state index is 13.8. The number of amides is 1. The molecule has 0 radical (unpaired) electrons. The van der Waals surface area contributed by atoms with Crippen molar-refractivity contribution in [2.75, 3.05) is 39.8 Å². The molecule has 6 N–H and O–H groups in total. The van der Waals surface area contributed by atoms with E-state index in [0.29, 0.717) is 5.56 Å². The summed E-state index contributed by atoms with van der Waals surface area (Å²) >= 11 is 0. The monoisotopic (exact) mass is 487 g/mol. The van der Waals surface area contributed by atoms with E-state index >= 15 is 0 Å². The van der Waals surface area contributed by atoms with Gasteiger partial charge in [-0.05, 0) is 50.6 Å². The van der Waals surface area contributed by atoms with E-state index in [0.717, 1.165) is 5.69 Å². The lowest BCUT2D eigenvalue weighted by Gasteiger charge is -2.50. The van der Waals surface area contributed by atoms with Crippen molar-refractivity contribution in [3.8, 4) is 5.75 Å². The Labute approximate surface area is 201 Å². The Morgan fingerprint density at radius 3 is 2.37 bits per heavy atom. The molecule has 0 saturated heterocycles. The molecule has 188 valence electrons. The molecule has 0 unspecified atom stereocenters. The highest BCUT2D eigenvalue weighted by atomic mass is 16.3. The van der Waals surface area contributed by atoms with Gasteiger partial charge < -0.3 is 35.7 Å². The number of rotatable bonds is 4. The molecule has 1 amide bonds. The van der Waals surface area contributed by atoms with Gasteiger partial charge in [0.15, 0.2) is 11.4 Å². The molecule has 0 bridgehead atoms. The van der Waals surface area contributed by atoms with Crippen LogP contribution in [0.15, 0.2) is 29.0 Å². The number of carbonyl (C=O) groups excluding carboxylic acids is 3. The average Bonchev–Trinajstić information content (AvgIpc) is 2.76. The molecule has 3 aliphatic carbocycles. The minimum Gasteiger partial charge on any atom is -0.508 e. The van der Waals surface area contributed by atoms with Crippen LogP contribution in [0.5, 0.6) is 5.75 Å². The van der Waals surface area contributed by atoms with Crippen molar-refractivity contribution in [1.82, 2.24) is 10.2 Å². The van der Waals surface area contributed by atoms with Gasteiger partial charge in [-0.3, -0.25) is 19.3 Å². The summed E-state index contributed by atoms with van der Waals surface area (Å²) in [7, 11) is 6.71. The molecular formula is C24H29N3O8. The van der Waals surface area contributed by atoms with Gasteiger partial charge in [0.2, 0.25) is 5.78 Å². The minimum atomic E-state index is -2.67. The van der Waals surface area contributed by atoms with Gasteiger partial charge >= 0.3 is 0 Å². The normalized spacial score (nSPS) is 28.0. The Hall–Kier alpha value is -3.41. The summed E-state index contributed by atoms with van der Waals surface area (Å²) in [6.45, 7) is -0.830. The van der Waals surface area contributed by atoms with Crippen molar-refractivity contribution in [3.63, 3.8) is 0 Å². The SMILES string of the molecule is CN(C)c1ccc(O)c2c1C[C@@H]1C[C@@H]3[C@H](N(C)C)C(=O)C(C(=O)NCO)=C(O)[C@]3(O)C(=O)C1=C2O. The van der Waals surface area contributed by atoms with Crippen LogP contribution in [0.3, 0.4) is 0 Å². The van der Waals surface area contributed by atoms with Gasteiger partial charge in [-0.2, -0.15) is 0 Å². The van der Waals surface area contributed by atoms with E-state index < -0.39 is 64.8 Å². The second-order valence-electron chi connectivity index (χ2n) is 9.61. The quantitative estimate of drug-likeness (QED) is 0.243. The molecule has 4 rings (SSSR count). The smallest absolute Gasteiger partial charge is 0.260 e. The van der Waals surface area contributed by atoms with E-state index in [1.807, 2.05) is 10.2 Å². The van der Waals surface area contributed by atoms with Crippen LogP contribution in [0, 0.1) is 11.8 Å². The average molecular weight is 488 g/mol. The fourth-order valence-electron chi connectivity index (χ4n) is 5.79. The molecule has 0 heterocycles. The van der Waals surface area contributed by atoms with Crippen LogP contribution in [0.4, 0.5) is 5.69 Å². The molecule has 0 aliphatic heterocycles. The van der Waals surface area contributed by atoms with Gasteiger partial charge in [-0.1, -0.05) is 0 Å². The fraction of sp³-hybridized carbons (Fsp3) is 0.458. The standard InChI is InChI=1S/C24H29N3O8/c1-26(2)13-5-6-14(29)16-11(13)7-10-8-12-18(27(3)4)20(31)17(23(34)25-9-28)22(33)24(12,35)21(32)15(10)19(16)30/h5-6,10,12,18,28-30,33,35H,7-9H2,1-4H3,(H,25,34)/t10-,12-,18+,24-/m1/s1. The third-order valence-electron chi connectivity index (χ3n) is 7.28. The van der Waals surface area contributed by atoms with E-state index in [-0.39, 0.29) is 29.7 Å². The molecule has 3 aliphatic rings. The van der Waals surface area contributed by atoms with Crippen LogP contribution in [0.1, 0.15) is 17.5 Å². The number of anilines is 1. The number of phenolic OH excluding ortho intramolecular Hbond substituents is 1. The third-order valence-corrected chi connectivity index (χ3v) is 7.28. The first-order chi connectivity index (χ1) is 16.4. The van der Waals surface area contributed by atoms with Crippen LogP contribution >= 0.6 is 0 Å². The molecular weight excluding hydrogens is 458 g/mol. The number of benzene rings is 1. The van der Waals surface area contributed by atoms with Crippen molar-refractivity contribution in [1.29, 1.82) is 0 Å². The summed E-state index contributed by atoms with van der Waals surface area (Å²) in [5.74, 6) is -6.57. The zero-order chi connectivity index (χ0) is 26.0. The van der Waals surface area contributed by atoms with E-state index in [9.17, 15) is 34.8 Å². The van der Waals surface area contributed by atoms with Gasteiger partial charge in [0, 0.05) is 31.3 Å². The maximum absolute atomic E-state index is 13.8. The fourth-order valence-corrected chi connectivity index (χ4v) is 5.79. The minimum absolute atomic E-state index is 0.0388. The van der Waals surface area contributed by atoms with Gasteiger partial charge in [0.05, 0.1) is 11.6 Å². The summed E-state index contributed by atoms with van der Waals surface area (Å²) in [6, 6.07) is 1.95. The summed E-state index contributed by atoms with van der Waals surface area (Å²) in [6.07, 6.45) is 0.281.